The van der Waals surface area contributed by atoms with Crippen LogP contribution in [-0.2, 0) is 9.22 Å². The predicted octanol–water partition coefficient (Wildman–Crippen LogP) is 2.43. The Labute approximate surface area is 75.1 Å². The standard InChI is InChI=1S/C9H16O2Si/c1-6-12(5,7-2)11-9(10)8(3)4/h6H,1,3,7H2,2,4-5H3. The summed E-state index contributed by atoms with van der Waals surface area (Å²) >= 11 is 0. The molecule has 1 unspecified atom stereocenters. The lowest BCUT2D eigenvalue weighted by Gasteiger charge is -2.21. The van der Waals surface area contributed by atoms with Gasteiger partial charge in [-0.3, -0.25) is 0 Å². The van der Waals surface area contributed by atoms with E-state index in [2.05, 4.69) is 13.2 Å². The minimum absolute atomic E-state index is 0.300. The van der Waals surface area contributed by atoms with Gasteiger partial charge in [0.05, 0.1) is 0 Å². The van der Waals surface area contributed by atoms with Crippen molar-refractivity contribution in [1.29, 1.82) is 0 Å². The molecule has 0 aliphatic carbocycles. The average molecular weight is 184 g/mol. The number of hydrogen-bond donors (Lipinski definition) is 0. The molecule has 0 aliphatic rings. The van der Waals surface area contributed by atoms with Crippen molar-refractivity contribution >= 4 is 14.3 Å². The molecule has 0 N–H and O–H groups in total. The first kappa shape index (κ1) is 11.2. The quantitative estimate of drug-likeness (QED) is 0.495. The van der Waals surface area contributed by atoms with Crippen molar-refractivity contribution in [1.82, 2.24) is 0 Å². The summed E-state index contributed by atoms with van der Waals surface area (Å²) in [5, 5.41) is 0. The van der Waals surface area contributed by atoms with Gasteiger partial charge in [0.15, 0.2) is 0 Å². The van der Waals surface area contributed by atoms with Gasteiger partial charge in [0.2, 0.25) is 0 Å². The number of hydrogen-bond acceptors (Lipinski definition) is 2. The lowest BCUT2D eigenvalue weighted by Crippen LogP contribution is -2.34. The Morgan fingerprint density at radius 3 is 2.42 bits per heavy atom. The number of carbonyl (C=O) groups is 1. The van der Waals surface area contributed by atoms with Crippen LogP contribution in [0, 0.1) is 0 Å². The summed E-state index contributed by atoms with van der Waals surface area (Å²) in [6.45, 7) is 12.8. The maximum atomic E-state index is 11.1. The van der Waals surface area contributed by atoms with Crippen molar-refractivity contribution in [3.63, 3.8) is 0 Å². The molecule has 0 aromatic carbocycles. The summed E-state index contributed by atoms with van der Waals surface area (Å²) in [6.07, 6.45) is 0. The van der Waals surface area contributed by atoms with Gasteiger partial charge < -0.3 is 4.43 Å². The second kappa shape index (κ2) is 4.26. The fourth-order valence-electron chi connectivity index (χ4n) is 0.557. The van der Waals surface area contributed by atoms with Crippen LogP contribution in [0.2, 0.25) is 12.6 Å². The Morgan fingerprint density at radius 2 is 2.17 bits per heavy atom. The fraction of sp³-hybridized carbons (Fsp3) is 0.444. The first-order chi connectivity index (χ1) is 5.45. The summed E-state index contributed by atoms with van der Waals surface area (Å²) in [6, 6.07) is 0.857. The van der Waals surface area contributed by atoms with Crippen molar-refractivity contribution in [3.05, 3.63) is 24.4 Å². The van der Waals surface area contributed by atoms with Crippen LogP contribution in [0.3, 0.4) is 0 Å². The van der Waals surface area contributed by atoms with Crippen molar-refractivity contribution in [2.75, 3.05) is 0 Å². The molecule has 0 radical (unpaired) electrons. The minimum atomic E-state index is -1.97. The molecule has 0 aliphatic heterocycles. The monoisotopic (exact) mass is 184 g/mol. The molecule has 0 bridgehead atoms. The van der Waals surface area contributed by atoms with E-state index in [0.717, 1.165) is 6.04 Å². The molecule has 12 heavy (non-hydrogen) atoms. The summed E-state index contributed by atoms with van der Waals surface area (Å²) in [5.41, 5.74) is 2.22. The molecular formula is C9H16O2Si. The Kier molecular flexibility index (Phi) is 3.96. The SMILES string of the molecule is C=C[Si](C)(CC)OC(=O)C(=C)C. The maximum Gasteiger partial charge on any atom is 0.320 e. The zero-order valence-corrected chi connectivity index (χ0v) is 9.02. The molecule has 2 nitrogen and oxygen atoms in total. The third-order valence-corrected chi connectivity index (χ3v) is 4.73. The van der Waals surface area contributed by atoms with Gasteiger partial charge in [-0.15, -0.1) is 6.58 Å². The van der Waals surface area contributed by atoms with Crippen molar-refractivity contribution < 1.29 is 9.22 Å². The second-order valence-electron chi connectivity index (χ2n) is 3.04. The predicted molar refractivity (Wildman–Crippen MR) is 53.2 cm³/mol. The molecule has 0 saturated carbocycles. The molecule has 0 aromatic rings. The third kappa shape index (κ3) is 3.05. The van der Waals surface area contributed by atoms with E-state index in [4.69, 9.17) is 4.43 Å². The Bertz CT molecular complexity index is 211. The molecular weight excluding hydrogens is 168 g/mol. The normalized spacial score (nSPS) is 14.6. The zero-order valence-electron chi connectivity index (χ0n) is 8.02. The molecule has 3 heteroatoms. The van der Waals surface area contributed by atoms with Gasteiger partial charge in [-0.05, 0) is 19.5 Å². The smallest absolute Gasteiger partial charge is 0.320 e. The van der Waals surface area contributed by atoms with Gasteiger partial charge in [-0.1, -0.05) is 19.2 Å². The number of carbonyl (C=O) groups excluding carboxylic acids is 1. The summed E-state index contributed by atoms with van der Waals surface area (Å²) in [5.74, 6) is -0.300. The zero-order chi connectivity index (χ0) is 9.78. The molecule has 0 heterocycles. The molecule has 0 spiro atoms. The highest BCUT2D eigenvalue weighted by molar-refractivity contribution is 6.78. The lowest BCUT2D eigenvalue weighted by atomic mass is 10.4. The molecule has 68 valence electrons. The summed E-state index contributed by atoms with van der Waals surface area (Å²) in [4.78, 5) is 11.1. The van der Waals surface area contributed by atoms with Gasteiger partial charge in [0.25, 0.3) is 8.32 Å². The van der Waals surface area contributed by atoms with E-state index in [9.17, 15) is 4.79 Å². The van der Waals surface area contributed by atoms with Gasteiger partial charge in [0.1, 0.15) is 0 Å². The Hall–Kier alpha value is -0.833. The Morgan fingerprint density at radius 1 is 1.67 bits per heavy atom. The topological polar surface area (TPSA) is 26.3 Å². The van der Waals surface area contributed by atoms with Gasteiger partial charge in [0, 0.05) is 5.57 Å². The van der Waals surface area contributed by atoms with Crippen LogP contribution >= 0.6 is 0 Å². The molecule has 0 fully saturated rings. The van der Waals surface area contributed by atoms with E-state index >= 15 is 0 Å². The van der Waals surface area contributed by atoms with E-state index in [1.807, 2.05) is 13.5 Å². The Balaban J connectivity index is 4.31. The highest BCUT2D eigenvalue weighted by Crippen LogP contribution is 2.13. The van der Waals surface area contributed by atoms with Crippen LogP contribution in [0.5, 0.6) is 0 Å². The van der Waals surface area contributed by atoms with E-state index in [0.29, 0.717) is 5.57 Å². The van der Waals surface area contributed by atoms with Crippen molar-refractivity contribution in [3.8, 4) is 0 Å². The van der Waals surface area contributed by atoms with Crippen LogP contribution in [-0.4, -0.2) is 14.3 Å². The fourth-order valence-corrected chi connectivity index (χ4v) is 1.67. The second-order valence-corrected chi connectivity index (χ2v) is 6.99. The van der Waals surface area contributed by atoms with Crippen molar-refractivity contribution in [2.24, 2.45) is 0 Å². The highest BCUT2D eigenvalue weighted by atomic mass is 28.4. The van der Waals surface area contributed by atoms with Crippen LogP contribution in [0.4, 0.5) is 0 Å². The van der Waals surface area contributed by atoms with Crippen LogP contribution < -0.4 is 0 Å². The summed E-state index contributed by atoms with van der Waals surface area (Å²) in [7, 11) is -1.97. The van der Waals surface area contributed by atoms with E-state index in [1.54, 1.807) is 12.6 Å². The summed E-state index contributed by atoms with van der Waals surface area (Å²) < 4.78 is 5.28. The van der Waals surface area contributed by atoms with Crippen LogP contribution in [0.1, 0.15) is 13.8 Å². The molecule has 1 atom stereocenters. The maximum absolute atomic E-state index is 11.1. The highest BCUT2D eigenvalue weighted by Gasteiger charge is 2.26. The molecule has 0 aromatic heterocycles. The minimum Gasteiger partial charge on any atom is -0.512 e. The van der Waals surface area contributed by atoms with E-state index in [1.165, 1.54) is 0 Å². The first-order valence-electron chi connectivity index (χ1n) is 3.97. The van der Waals surface area contributed by atoms with Gasteiger partial charge in [-0.2, -0.15) is 0 Å². The molecule has 0 saturated heterocycles. The largest absolute Gasteiger partial charge is 0.512 e. The van der Waals surface area contributed by atoms with Crippen molar-refractivity contribution in [2.45, 2.75) is 26.4 Å². The van der Waals surface area contributed by atoms with Crippen LogP contribution in [0.15, 0.2) is 24.4 Å². The molecule has 0 rings (SSSR count). The average Bonchev–Trinajstić information content (AvgIpc) is 2.04. The van der Waals surface area contributed by atoms with Crippen LogP contribution in [0.25, 0.3) is 0 Å². The van der Waals surface area contributed by atoms with E-state index in [-0.39, 0.29) is 5.97 Å². The molecule has 0 amide bonds. The third-order valence-electron chi connectivity index (χ3n) is 1.81. The van der Waals surface area contributed by atoms with E-state index < -0.39 is 8.32 Å². The van der Waals surface area contributed by atoms with Gasteiger partial charge in [-0.25, -0.2) is 4.79 Å². The lowest BCUT2D eigenvalue weighted by molar-refractivity contribution is -0.130. The van der Waals surface area contributed by atoms with Gasteiger partial charge >= 0.3 is 5.97 Å². The first-order valence-corrected chi connectivity index (χ1v) is 6.67. The number of rotatable bonds is 4.